The molecule has 0 atom stereocenters. The minimum atomic E-state index is -4.52. The van der Waals surface area contributed by atoms with Gasteiger partial charge >= 0.3 is 12.1 Å². The van der Waals surface area contributed by atoms with Crippen LogP contribution in [-0.4, -0.2) is 16.1 Å². The molecular formula is C18H14F3NO2. The van der Waals surface area contributed by atoms with Gasteiger partial charge in [-0.2, -0.15) is 13.2 Å². The van der Waals surface area contributed by atoms with Crippen LogP contribution in [0, 0.1) is 6.92 Å². The van der Waals surface area contributed by atoms with Gasteiger partial charge in [0.1, 0.15) is 0 Å². The fraction of sp³-hybridized carbons (Fsp3) is 0.167. The Kier molecular flexibility index (Phi) is 3.83. The summed E-state index contributed by atoms with van der Waals surface area (Å²) in [5.74, 6) is -1.09. The number of aliphatic carboxylic acids is 1. The van der Waals surface area contributed by atoms with Gasteiger partial charge in [0.05, 0.1) is 17.7 Å². The third-order valence-corrected chi connectivity index (χ3v) is 3.89. The molecule has 0 unspecified atom stereocenters. The van der Waals surface area contributed by atoms with E-state index in [-0.39, 0.29) is 17.7 Å². The number of benzene rings is 2. The van der Waals surface area contributed by atoms with Gasteiger partial charge in [0.25, 0.3) is 0 Å². The summed E-state index contributed by atoms with van der Waals surface area (Å²) in [4.78, 5) is 14.2. The summed E-state index contributed by atoms with van der Waals surface area (Å²) < 4.78 is 40.0. The molecule has 24 heavy (non-hydrogen) atoms. The third-order valence-electron chi connectivity index (χ3n) is 3.89. The lowest BCUT2D eigenvalue weighted by Gasteiger charge is -2.13. The number of carboxylic acid groups (broad SMARTS) is 1. The molecule has 0 fully saturated rings. The number of hydrogen-bond donors (Lipinski definition) is 2. The fourth-order valence-electron chi connectivity index (χ4n) is 2.87. The zero-order valence-electron chi connectivity index (χ0n) is 12.7. The van der Waals surface area contributed by atoms with Crippen LogP contribution in [0.2, 0.25) is 0 Å². The van der Waals surface area contributed by atoms with Crippen LogP contribution in [0.25, 0.3) is 22.2 Å². The summed E-state index contributed by atoms with van der Waals surface area (Å²) >= 11 is 0. The molecule has 3 nitrogen and oxygen atoms in total. The van der Waals surface area contributed by atoms with E-state index in [1.54, 1.807) is 12.1 Å². The number of nitrogens with one attached hydrogen (secondary N) is 1. The molecule has 0 aliphatic rings. The first kappa shape index (κ1) is 16.1. The lowest BCUT2D eigenvalue weighted by atomic mass is 9.98. The van der Waals surface area contributed by atoms with Gasteiger partial charge in [0.2, 0.25) is 0 Å². The lowest BCUT2D eigenvalue weighted by molar-refractivity contribution is -0.137. The fourth-order valence-corrected chi connectivity index (χ4v) is 2.87. The van der Waals surface area contributed by atoms with E-state index < -0.39 is 17.7 Å². The van der Waals surface area contributed by atoms with E-state index in [0.717, 1.165) is 11.6 Å². The van der Waals surface area contributed by atoms with Gasteiger partial charge in [-0.25, -0.2) is 0 Å². The molecule has 0 saturated heterocycles. The summed E-state index contributed by atoms with van der Waals surface area (Å²) in [6.45, 7) is 1.85. The highest BCUT2D eigenvalue weighted by molar-refractivity contribution is 5.94. The first-order valence-corrected chi connectivity index (χ1v) is 7.27. The van der Waals surface area contributed by atoms with Crippen molar-refractivity contribution in [1.29, 1.82) is 0 Å². The van der Waals surface area contributed by atoms with E-state index in [2.05, 4.69) is 4.98 Å². The highest BCUT2D eigenvalue weighted by atomic mass is 19.4. The molecule has 0 bridgehead atoms. The van der Waals surface area contributed by atoms with Crippen molar-refractivity contribution in [3.8, 4) is 11.3 Å². The van der Waals surface area contributed by atoms with Crippen LogP contribution in [0.5, 0.6) is 0 Å². The second-order valence-corrected chi connectivity index (χ2v) is 5.64. The number of fused-ring (bicyclic) bond motifs is 1. The van der Waals surface area contributed by atoms with Crippen molar-refractivity contribution in [3.63, 3.8) is 0 Å². The van der Waals surface area contributed by atoms with E-state index in [1.165, 1.54) is 18.2 Å². The maximum absolute atomic E-state index is 13.3. The standard InChI is InChI=1S/C18H14F3NO2/c1-10-6-7-15-12(8-10)13(9-16(23)24)17(22-15)11-4-2-3-5-14(11)18(19,20)21/h2-8,22H,9H2,1H3,(H,23,24). The van der Waals surface area contributed by atoms with Gasteiger partial charge in [0.15, 0.2) is 0 Å². The number of aromatic amines is 1. The highest BCUT2D eigenvalue weighted by Gasteiger charge is 2.34. The maximum Gasteiger partial charge on any atom is 0.417 e. The number of hydrogen-bond acceptors (Lipinski definition) is 1. The van der Waals surface area contributed by atoms with Crippen LogP contribution in [0.4, 0.5) is 13.2 Å². The van der Waals surface area contributed by atoms with Gasteiger partial charge in [0, 0.05) is 16.5 Å². The molecule has 6 heteroatoms. The molecule has 2 N–H and O–H groups in total. The summed E-state index contributed by atoms with van der Waals surface area (Å²) in [6, 6.07) is 10.5. The largest absolute Gasteiger partial charge is 0.481 e. The second-order valence-electron chi connectivity index (χ2n) is 5.64. The number of aryl methyl sites for hydroxylation is 1. The summed E-state index contributed by atoms with van der Waals surface area (Å²) in [7, 11) is 0. The molecule has 0 spiro atoms. The monoisotopic (exact) mass is 333 g/mol. The molecule has 0 saturated carbocycles. The molecular weight excluding hydrogens is 319 g/mol. The van der Waals surface area contributed by atoms with Crippen LogP contribution in [0.15, 0.2) is 42.5 Å². The molecule has 1 aromatic heterocycles. The average Bonchev–Trinajstić information content (AvgIpc) is 2.84. The Morgan fingerprint density at radius 1 is 1.17 bits per heavy atom. The number of carbonyl (C=O) groups is 1. The van der Waals surface area contributed by atoms with Crippen LogP contribution in [0.3, 0.4) is 0 Å². The smallest absolute Gasteiger partial charge is 0.417 e. The topological polar surface area (TPSA) is 53.1 Å². The average molecular weight is 333 g/mol. The van der Waals surface area contributed by atoms with Crippen molar-refractivity contribution in [3.05, 3.63) is 59.2 Å². The molecule has 124 valence electrons. The number of H-pyrrole nitrogens is 1. The first-order chi connectivity index (χ1) is 11.3. The summed E-state index contributed by atoms with van der Waals surface area (Å²) in [6.07, 6.45) is -4.88. The van der Waals surface area contributed by atoms with Crippen molar-refractivity contribution in [1.82, 2.24) is 4.98 Å². The SMILES string of the molecule is Cc1ccc2[nH]c(-c3ccccc3C(F)(F)F)c(CC(=O)O)c2c1. The number of aromatic nitrogens is 1. The number of alkyl halides is 3. The van der Waals surface area contributed by atoms with Crippen molar-refractivity contribution in [2.75, 3.05) is 0 Å². The highest BCUT2D eigenvalue weighted by Crippen LogP contribution is 2.39. The van der Waals surface area contributed by atoms with Crippen LogP contribution >= 0.6 is 0 Å². The lowest BCUT2D eigenvalue weighted by Crippen LogP contribution is -2.08. The minimum absolute atomic E-state index is 0.0462. The van der Waals surface area contributed by atoms with Crippen molar-refractivity contribution in [2.24, 2.45) is 0 Å². The van der Waals surface area contributed by atoms with Crippen molar-refractivity contribution >= 4 is 16.9 Å². The summed E-state index contributed by atoms with van der Waals surface area (Å²) in [5.41, 5.74) is 1.24. The predicted molar refractivity (Wildman–Crippen MR) is 84.8 cm³/mol. The Hall–Kier alpha value is -2.76. The molecule has 3 aromatic rings. The normalized spacial score (nSPS) is 11.8. The third kappa shape index (κ3) is 2.87. The molecule has 0 aliphatic carbocycles. The van der Waals surface area contributed by atoms with E-state index in [0.29, 0.717) is 16.5 Å². The Balaban J connectivity index is 2.33. The Labute approximate surface area is 135 Å². The number of carboxylic acids is 1. The van der Waals surface area contributed by atoms with E-state index in [9.17, 15) is 23.1 Å². The molecule has 1 heterocycles. The van der Waals surface area contributed by atoms with Crippen molar-refractivity contribution in [2.45, 2.75) is 19.5 Å². The van der Waals surface area contributed by atoms with Gasteiger partial charge < -0.3 is 10.1 Å². The van der Waals surface area contributed by atoms with Gasteiger partial charge in [-0.05, 0) is 30.7 Å². The Morgan fingerprint density at radius 2 is 1.88 bits per heavy atom. The quantitative estimate of drug-likeness (QED) is 0.724. The number of rotatable bonds is 3. The van der Waals surface area contributed by atoms with Gasteiger partial charge in [-0.1, -0.05) is 29.8 Å². The molecule has 0 radical (unpaired) electrons. The predicted octanol–water partition coefficient (Wildman–Crippen LogP) is 4.79. The summed E-state index contributed by atoms with van der Waals surface area (Å²) in [5, 5.41) is 9.81. The Bertz CT molecular complexity index is 926. The first-order valence-electron chi connectivity index (χ1n) is 7.27. The van der Waals surface area contributed by atoms with Crippen LogP contribution in [-0.2, 0) is 17.4 Å². The molecule has 0 aliphatic heterocycles. The zero-order chi connectivity index (χ0) is 17.5. The van der Waals surface area contributed by atoms with Crippen LogP contribution < -0.4 is 0 Å². The zero-order valence-corrected chi connectivity index (χ0v) is 12.7. The molecule has 0 amide bonds. The van der Waals surface area contributed by atoms with Crippen LogP contribution in [0.1, 0.15) is 16.7 Å². The van der Waals surface area contributed by atoms with Gasteiger partial charge in [-0.15, -0.1) is 0 Å². The number of halogens is 3. The second kappa shape index (κ2) is 5.70. The van der Waals surface area contributed by atoms with E-state index in [4.69, 9.17) is 0 Å². The van der Waals surface area contributed by atoms with Crippen molar-refractivity contribution < 1.29 is 23.1 Å². The maximum atomic E-state index is 13.3. The molecule has 3 rings (SSSR count). The van der Waals surface area contributed by atoms with Gasteiger partial charge in [-0.3, -0.25) is 4.79 Å². The minimum Gasteiger partial charge on any atom is -0.481 e. The van der Waals surface area contributed by atoms with E-state index >= 15 is 0 Å². The Morgan fingerprint density at radius 3 is 2.54 bits per heavy atom. The molecule has 2 aromatic carbocycles. The van der Waals surface area contributed by atoms with E-state index in [1.807, 2.05) is 13.0 Å².